The number of terminal acetylenes is 1. The molecule has 4 aromatic rings. The zero-order chi connectivity index (χ0) is 31.3. The van der Waals surface area contributed by atoms with Gasteiger partial charge in [-0.05, 0) is 43.0 Å². The van der Waals surface area contributed by atoms with Gasteiger partial charge in [-0.1, -0.05) is 12.0 Å². The molecule has 9 nitrogen and oxygen atoms in total. The maximum atomic E-state index is 16.7. The SMILES string of the molecule is C#Cc1c(F)ccc2cc(O)cc(-c3ncc4c(N5CCNC(COC)C5)nc(OC[C@@]56CCCN5C[C@H](F)C6)nc4c3F)c12. The Labute approximate surface area is 258 Å². The van der Waals surface area contributed by atoms with Crippen LogP contribution in [-0.4, -0.2) is 95.8 Å². The van der Waals surface area contributed by atoms with Crippen molar-refractivity contribution < 1.29 is 27.8 Å². The van der Waals surface area contributed by atoms with Gasteiger partial charge in [0.05, 0.1) is 23.1 Å². The molecule has 0 amide bonds. The van der Waals surface area contributed by atoms with Crippen LogP contribution in [0.4, 0.5) is 19.0 Å². The molecule has 0 aliphatic carbocycles. The van der Waals surface area contributed by atoms with Crippen LogP contribution in [0.1, 0.15) is 24.8 Å². The number of nitrogens with zero attached hydrogens (tertiary/aromatic N) is 5. The van der Waals surface area contributed by atoms with E-state index in [1.54, 1.807) is 7.11 Å². The van der Waals surface area contributed by atoms with Crippen molar-refractivity contribution in [3.05, 3.63) is 47.7 Å². The number of methoxy groups -OCH3 is 1. The predicted molar refractivity (Wildman–Crippen MR) is 164 cm³/mol. The van der Waals surface area contributed by atoms with E-state index in [0.717, 1.165) is 19.4 Å². The number of nitrogens with one attached hydrogen (secondary N) is 1. The van der Waals surface area contributed by atoms with E-state index in [1.165, 1.54) is 30.5 Å². The molecule has 3 atom stereocenters. The van der Waals surface area contributed by atoms with E-state index in [1.807, 2.05) is 4.90 Å². The highest BCUT2D eigenvalue weighted by Gasteiger charge is 2.49. The number of ether oxygens (including phenoxy) is 2. The fourth-order valence-electron chi connectivity index (χ4n) is 7.25. The molecule has 2 aromatic carbocycles. The van der Waals surface area contributed by atoms with Crippen LogP contribution < -0.4 is 15.0 Å². The minimum atomic E-state index is -0.929. The smallest absolute Gasteiger partial charge is 0.319 e. The largest absolute Gasteiger partial charge is 0.508 e. The van der Waals surface area contributed by atoms with Gasteiger partial charge in [-0.15, -0.1) is 6.42 Å². The van der Waals surface area contributed by atoms with Crippen LogP contribution in [0.3, 0.4) is 0 Å². The maximum Gasteiger partial charge on any atom is 0.319 e. The lowest BCUT2D eigenvalue weighted by atomic mass is 9.95. The van der Waals surface area contributed by atoms with E-state index in [0.29, 0.717) is 55.8 Å². The van der Waals surface area contributed by atoms with Crippen LogP contribution in [0.25, 0.3) is 32.9 Å². The Balaban J connectivity index is 1.37. The summed E-state index contributed by atoms with van der Waals surface area (Å²) in [4.78, 5) is 17.9. The van der Waals surface area contributed by atoms with Crippen molar-refractivity contribution in [1.82, 2.24) is 25.2 Å². The van der Waals surface area contributed by atoms with Gasteiger partial charge in [-0.3, -0.25) is 9.88 Å². The van der Waals surface area contributed by atoms with E-state index in [4.69, 9.17) is 20.9 Å². The second-order valence-corrected chi connectivity index (χ2v) is 12.1. The lowest BCUT2D eigenvalue weighted by molar-refractivity contribution is 0.107. The molecule has 3 saturated heterocycles. The first kappa shape index (κ1) is 29.5. The lowest BCUT2D eigenvalue weighted by Crippen LogP contribution is -2.53. The summed E-state index contributed by atoms with van der Waals surface area (Å²) in [6, 6.07) is 5.40. The van der Waals surface area contributed by atoms with Gasteiger partial charge in [0, 0.05) is 62.9 Å². The van der Waals surface area contributed by atoms with Crippen LogP contribution >= 0.6 is 0 Å². The molecule has 0 spiro atoms. The van der Waals surface area contributed by atoms with Crippen LogP contribution in [-0.2, 0) is 4.74 Å². The van der Waals surface area contributed by atoms with E-state index < -0.39 is 23.3 Å². The van der Waals surface area contributed by atoms with Gasteiger partial charge in [-0.25, -0.2) is 13.2 Å². The van der Waals surface area contributed by atoms with Gasteiger partial charge in [-0.2, -0.15) is 9.97 Å². The summed E-state index contributed by atoms with van der Waals surface area (Å²) in [5.41, 5.74) is -0.594. The normalized spacial score (nSPS) is 23.5. The molecule has 0 bridgehead atoms. The average molecular weight is 619 g/mol. The third kappa shape index (κ3) is 5.18. The second-order valence-electron chi connectivity index (χ2n) is 12.1. The molecule has 2 N–H and O–H groups in total. The minimum Gasteiger partial charge on any atom is -0.508 e. The topological polar surface area (TPSA) is 95.9 Å². The number of anilines is 1. The lowest BCUT2D eigenvalue weighted by Gasteiger charge is -2.35. The fraction of sp³-hybridized carbons (Fsp3) is 0.424. The summed E-state index contributed by atoms with van der Waals surface area (Å²) in [5.74, 6) is 1.20. The number of benzene rings is 2. The molecular formula is C33H33F3N6O3. The third-order valence-corrected chi connectivity index (χ3v) is 9.25. The first-order valence-electron chi connectivity index (χ1n) is 15.1. The molecule has 3 aliphatic rings. The van der Waals surface area contributed by atoms with Gasteiger partial charge >= 0.3 is 6.01 Å². The number of hydrogen-bond acceptors (Lipinski definition) is 9. The minimum absolute atomic E-state index is 0.0110. The Morgan fingerprint density at radius 2 is 2.07 bits per heavy atom. The van der Waals surface area contributed by atoms with Crippen molar-refractivity contribution in [2.45, 2.75) is 37.0 Å². The van der Waals surface area contributed by atoms with Crippen molar-refractivity contribution in [2.75, 3.05) is 57.9 Å². The summed E-state index contributed by atoms with van der Waals surface area (Å²) in [6.45, 7) is 3.59. The molecular weight excluding hydrogens is 585 g/mol. The summed E-state index contributed by atoms with van der Waals surface area (Å²) in [6.07, 6.45) is 8.33. The predicted octanol–water partition coefficient (Wildman–Crippen LogP) is 4.19. The number of pyridine rings is 1. The van der Waals surface area contributed by atoms with Crippen LogP contribution in [0.5, 0.6) is 11.8 Å². The van der Waals surface area contributed by atoms with Gasteiger partial charge in [0.25, 0.3) is 0 Å². The highest BCUT2D eigenvalue weighted by molar-refractivity contribution is 6.03. The van der Waals surface area contributed by atoms with Crippen molar-refractivity contribution >= 4 is 27.5 Å². The molecule has 2 aromatic heterocycles. The third-order valence-electron chi connectivity index (χ3n) is 9.25. The summed E-state index contributed by atoms with van der Waals surface area (Å²) in [7, 11) is 1.63. The summed E-state index contributed by atoms with van der Waals surface area (Å²) < 4.78 is 57.5. The molecule has 12 heteroatoms. The molecule has 0 saturated carbocycles. The molecule has 0 radical (unpaired) electrons. The van der Waals surface area contributed by atoms with E-state index in [9.17, 15) is 13.9 Å². The Morgan fingerprint density at radius 3 is 2.89 bits per heavy atom. The maximum absolute atomic E-state index is 16.7. The Hall–Kier alpha value is -4.18. The van der Waals surface area contributed by atoms with Crippen molar-refractivity contribution in [2.24, 2.45) is 0 Å². The number of rotatable bonds is 7. The number of hydrogen-bond donors (Lipinski definition) is 2. The molecule has 3 aliphatic heterocycles. The Bertz CT molecular complexity index is 1830. The molecule has 234 valence electrons. The summed E-state index contributed by atoms with van der Waals surface area (Å²) >= 11 is 0. The first-order valence-corrected chi connectivity index (χ1v) is 15.1. The standard InChI is InChI=1S/C33H33F3N6O3/c1-3-23-26(35)6-5-19-11-22(43)12-24(27(19)23)29-28(36)30-25(14-38-29)31(41-10-8-37-21(16-41)17-44-2)40-32(39-30)45-18-33-7-4-9-42(33)15-20(34)13-33/h1,5-6,11-12,14,20-21,37,43H,4,7-10,13,15-18H2,2H3/t20-,21?,33+/m1/s1. The monoisotopic (exact) mass is 618 g/mol. The van der Waals surface area contributed by atoms with Crippen molar-refractivity contribution in [3.8, 4) is 35.4 Å². The number of aromatic nitrogens is 3. The average Bonchev–Trinajstić information content (AvgIpc) is 3.56. The van der Waals surface area contributed by atoms with Gasteiger partial charge < -0.3 is 24.8 Å². The molecule has 3 fully saturated rings. The van der Waals surface area contributed by atoms with Gasteiger partial charge in [0.1, 0.15) is 41.4 Å². The zero-order valence-corrected chi connectivity index (χ0v) is 24.8. The number of aromatic hydroxyl groups is 1. The fourth-order valence-corrected chi connectivity index (χ4v) is 7.25. The quantitative estimate of drug-likeness (QED) is 0.296. The number of fused-ring (bicyclic) bond motifs is 3. The van der Waals surface area contributed by atoms with Crippen LogP contribution in [0.15, 0.2) is 30.5 Å². The van der Waals surface area contributed by atoms with Gasteiger partial charge in [0.2, 0.25) is 0 Å². The molecule has 1 unspecified atom stereocenters. The Kier molecular flexibility index (Phi) is 7.63. The Morgan fingerprint density at radius 1 is 1.20 bits per heavy atom. The summed E-state index contributed by atoms with van der Waals surface area (Å²) in [5, 5.41) is 15.0. The van der Waals surface area contributed by atoms with E-state index in [-0.39, 0.29) is 52.1 Å². The number of piperazine rings is 1. The number of alkyl halides is 1. The number of halogens is 3. The second kappa shape index (κ2) is 11.6. The molecule has 45 heavy (non-hydrogen) atoms. The van der Waals surface area contributed by atoms with Gasteiger partial charge in [0.15, 0.2) is 5.82 Å². The van der Waals surface area contributed by atoms with Crippen molar-refractivity contribution in [1.29, 1.82) is 0 Å². The van der Waals surface area contributed by atoms with Crippen molar-refractivity contribution in [3.63, 3.8) is 0 Å². The first-order chi connectivity index (χ1) is 21.8. The number of phenols is 1. The highest BCUT2D eigenvalue weighted by atomic mass is 19.1. The molecule has 7 rings (SSSR count). The molecule has 5 heterocycles. The van der Waals surface area contributed by atoms with E-state index >= 15 is 4.39 Å². The zero-order valence-electron chi connectivity index (χ0n) is 24.8. The van der Waals surface area contributed by atoms with Crippen LogP contribution in [0, 0.1) is 24.0 Å². The van der Waals surface area contributed by atoms with E-state index in [2.05, 4.69) is 26.1 Å². The highest BCUT2D eigenvalue weighted by Crippen LogP contribution is 2.41. The van der Waals surface area contributed by atoms with Crippen LogP contribution in [0.2, 0.25) is 0 Å². The number of phenolic OH excluding ortho intramolecular Hbond substituents is 1.